The molecule has 14 heavy (non-hydrogen) atoms. The van der Waals surface area contributed by atoms with Gasteiger partial charge in [-0.05, 0) is 41.1 Å². The minimum absolute atomic E-state index is 0.00810. The molecule has 1 amide bonds. The number of rotatable bonds is 2. The molecule has 0 aliphatic rings. The zero-order valence-electron chi connectivity index (χ0n) is 7.93. The lowest BCUT2D eigenvalue weighted by molar-refractivity contribution is -0.114. The Labute approximate surface area is 90.6 Å². The van der Waals surface area contributed by atoms with E-state index in [2.05, 4.69) is 21.2 Å². The van der Waals surface area contributed by atoms with Gasteiger partial charge in [-0.1, -0.05) is 0 Å². The first-order valence-electron chi connectivity index (χ1n) is 4.09. The Morgan fingerprint density at radius 2 is 1.93 bits per heavy atom. The van der Waals surface area contributed by atoms with E-state index in [0.717, 1.165) is 0 Å². The highest BCUT2D eigenvalue weighted by atomic mass is 79.9. The predicted octanol–water partition coefficient (Wildman–Crippen LogP) is 2.61. The zero-order valence-corrected chi connectivity index (χ0v) is 9.51. The predicted molar refractivity (Wildman–Crippen MR) is 58.5 cm³/mol. The van der Waals surface area contributed by atoms with Crippen molar-refractivity contribution in [1.82, 2.24) is 0 Å². The molecule has 0 radical (unpaired) electrons. The van der Waals surface area contributed by atoms with Crippen molar-refractivity contribution in [2.75, 3.05) is 5.32 Å². The molecule has 1 aromatic rings. The highest BCUT2D eigenvalue weighted by Gasteiger charge is 2.05. The molecule has 0 aliphatic carbocycles. The van der Waals surface area contributed by atoms with Gasteiger partial charge in [0.25, 0.3) is 0 Å². The number of ketones is 1. The van der Waals surface area contributed by atoms with E-state index >= 15 is 0 Å². The fraction of sp³-hybridized carbons (Fsp3) is 0.200. The smallest absolute Gasteiger partial charge is 0.221 e. The Bertz CT molecular complexity index is 388. The number of carbonyl (C=O) groups is 2. The number of hydrogen-bond acceptors (Lipinski definition) is 2. The molecule has 0 bridgehead atoms. The summed E-state index contributed by atoms with van der Waals surface area (Å²) in [4.78, 5) is 21.8. The standard InChI is InChI=1S/C10H10BrNO2/c1-6(13)9-4-3-8(5-10(9)11)12-7(2)14/h3-5H,1-2H3,(H,12,14). The number of nitrogens with one attached hydrogen (secondary N) is 1. The fourth-order valence-corrected chi connectivity index (χ4v) is 1.74. The normalized spacial score (nSPS) is 9.64. The lowest BCUT2D eigenvalue weighted by Gasteiger charge is -2.04. The summed E-state index contributed by atoms with van der Waals surface area (Å²) in [6, 6.07) is 5.08. The number of amides is 1. The van der Waals surface area contributed by atoms with Gasteiger partial charge in [-0.25, -0.2) is 0 Å². The van der Waals surface area contributed by atoms with Crippen LogP contribution in [0.2, 0.25) is 0 Å². The highest BCUT2D eigenvalue weighted by Crippen LogP contribution is 2.21. The molecular weight excluding hydrogens is 246 g/mol. The fourth-order valence-electron chi connectivity index (χ4n) is 1.08. The van der Waals surface area contributed by atoms with Crippen LogP contribution in [0.5, 0.6) is 0 Å². The van der Waals surface area contributed by atoms with Crippen LogP contribution in [0.1, 0.15) is 24.2 Å². The minimum Gasteiger partial charge on any atom is -0.326 e. The molecule has 0 saturated heterocycles. The van der Waals surface area contributed by atoms with Gasteiger partial charge in [0.1, 0.15) is 0 Å². The summed E-state index contributed by atoms with van der Waals surface area (Å²) in [7, 11) is 0. The largest absolute Gasteiger partial charge is 0.326 e. The lowest BCUT2D eigenvalue weighted by atomic mass is 10.1. The molecule has 1 aromatic carbocycles. The van der Waals surface area contributed by atoms with Gasteiger partial charge < -0.3 is 5.32 Å². The van der Waals surface area contributed by atoms with Crippen LogP contribution >= 0.6 is 15.9 Å². The number of halogens is 1. The molecule has 3 nitrogen and oxygen atoms in total. The van der Waals surface area contributed by atoms with Gasteiger partial charge in [0.05, 0.1) is 0 Å². The SMILES string of the molecule is CC(=O)Nc1ccc(C(C)=O)c(Br)c1. The van der Waals surface area contributed by atoms with E-state index in [4.69, 9.17) is 0 Å². The second kappa shape index (κ2) is 4.37. The maximum atomic E-state index is 11.1. The van der Waals surface area contributed by atoms with Crippen LogP contribution in [0.4, 0.5) is 5.69 Å². The molecule has 1 rings (SSSR count). The molecule has 0 aliphatic heterocycles. The van der Waals surface area contributed by atoms with Gasteiger partial charge in [0, 0.05) is 22.6 Å². The molecule has 0 saturated carbocycles. The van der Waals surface area contributed by atoms with Crippen LogP contribution < -0.4 is 5.32 Å². The highest BCUT2D eigenvalue weighted by molar-refractivity contribution is 9.10. The molecule has 1 N–H and O–H groups in total. The van der Waals surface area contributed by atoms with Gasteiger partial charge in [-0.3, -0.25) is 9.59 Å². The molecule has 0 aromatic heterocycles. The number of anilines is 1. The third-order valence-electron chi connectivity index (χ3n) is 1.67. The van der Waals surface area contributed by atoms with Crippen LogP contribution in [-0.4, -0.2) is 11.7 Å². The first-order chi connectivity index (χ1) is 6.50. The van der Waals surface area contributed by atoms with E-state index in [9.17, 15) is 9.59 Å². The third kappa shape index (κ3) is 2.67. The van der Waals surface area contributed by atoms with Crippen molar-refractivity contribution in [2.24, 2.45) is 0 Å². The topological polar surface area (TPSA) is 46.2 Å². The summed E-state index contributed by atoms with van der Waals surface area (Å²) in [6.07, 6.45) is 0. The van der Waals surface area contributed by atoms with Gasteiger partial charge in [-0.2, -0.15) is 0 Å². The molecule has 0 atom stereocenters. The summed E-state index contributed by atoms with van der Waals surface area (Å²) in [6.45, 7) is 2.94. The van der Waals surface area contributed by atoms with Crippen molar-refractivity contribution in [3.63, 3.8) is 0 Å². The first-order valence-corrected chi connectivity index (χ1v) is 4.88. The van der Waals surface area contributed by atoms with Crippen molar-refractivity contribution >= 4 is 33.3 Å². The van der Waals surface area contributed by atoms with Crippen molar-refractivity contribution in [3.8, 4) is 0 Å². The average molecular weight is 256 g/mol. The third-order valence-corrected chi connectivity index (χ3v) is 2.32. The maximum absolute atomic E-state index is 11.1. The van der Waals surface area contributed by atoms with Crippen molar-refractivity contribution < 1.29 is 9.59 Å². The van der Waals surface area contributed by atoms with Gasteiger partial charge in [0.2, 0.25) is 5.91 Å². The van der Waals surface area contributed by atoms with Gasteiger partial charge in [0.15, 0.2) is 5.78 Å². The summed E-state index contributed by atoms with van der Waals surface area (Å²) >= 11 is 3.27. The molecule has 0 unspecified atom stereocenters. The van der Waals surface area contributed by atoms with E-state index in [-0.39, 0.29) is 11.7 Å². The Morgan fingerprint density at radius 1 is 1.29 bits per heavy atom. The Morgan fingerprint density at radius 3 is 2.36 bits per heavy atom. The maximum Gasteiger partial charge on any atom is 0.221 e. The van der Waals surface area contributed by atoms with E-state index < -0.39 is 0 Å². The van der Waals surface area contributed by atoms with Gasteiger partial charge >= 0.3 is 0 Å². The van der Waals surface area contributed by atoms with Crippen molar-refractivity contribution in [2.45, 2.75) is 13.8 Å². The second-order valence-electron chi connectivity index (χ2n) is 2.93. The summed E-state index contributed by atoms with van der Waals surface area (Å²) < 4.78 is 0.691. The number of Topliss-reactive ketones (excluding diaryl/α,β-unsaturated/α-hetero) is 1. The first kappa shape index (κ1) is 10.9. The molecular formula is C10H10BrNO2. The Balaban J connectivity index is 3.00. The quantitative estimate of drug-likeness (QED) is 0.826. The van der Waals surface area contributed by atoms with Crippen LogP contribution in [-0.2, 0) is 4.79 Å². The van der Waals surface area contributed by atoms with Crippen molar-refractivity contribution in [1.29, 1.82) is 0 Å². The molecule has 0 fully saturated rings. The summed E-state index contributed by atoms with van der Waals surface area (Å²) in [5.74, 6) is -0.140. The van der Waals surface area contributed by atoms with E-state index in [1.54, 1.807) is 18.2 Å². The summed E-state index contributed by atoms with van der Waals surface area (Å²) in [5, 5.41) is 2.63. The summed E-state index contributed by atoms with van der Waals surface area (Å²) in [5.41, 5.74) is 1.29. The molecule has 74 valence electrons. The van der Waals surface area contributed by atoms with Crippen LogP contribution in [0, 0.1) is 0 Å². The van der Waals surface area contributed by atoms with Crippen LogP contribution in [0.15, 0.2) is 22.7 Å². The Kier molecular flexibility index (Phi) is 3.41. The van der Waals surface area contributed by atoms with Gasteiger partial charge in [-0.15, -0.1) is 0 Å². The second-order valence-corrected chi connectivity index (χ2v) is 3.79. The minimum atomic E-state index is -0.132. The molecule has 0 spiro atoms. The number of benzene rings is 1. The number of carbonyl (C=O) groups excluding carboxylic acids is 2. The molecule has 0 heterocycles. The number of hydrogen-bond donors (Lipinski definition) is 1. The average Bonchev–Trinajstić information content (AvgIpc) is 2.01. The van der Waals surface area contributed by atoms with Crippen LogP contribution in [0.25, 0.3) is 0 Å². The van der Waals surface area contributed by atoms with Crippen molar-refractivity contribution in [3.05, 3.63) is 28.2 Å². The monoisotopic (exact) mass is 255 g/mol. The van der Waals surface area contributed by atoms with E-state index in [0.29, 0.717) is 15.7 Å². The Hall–Kier alpha value is -1.16. The van der Waals surface area contributed by atoms with Crippen LogP contribution in [0.3, 0.4) is 0 Å². The van der Waals surface area contributed by atoms with E-state index in [1.807, 2.05) is 0 Å². The van der Waals surface area contributed by atoms with E-state index in [1.165, 1.54) is 13.8 Å². The zero-order chi connectivity index (χ0) is 10.7. The lowest BCUT2D eigenvalue weighted by Crippen LogP contribution is -2.06. The molecule has 4 heteroatoms.